The first-order valence-corrected chi connectivity index (χ1v) is 5.48. The van der Waals surface area contributed by atoms with E-state index < -0.39 is 0 Å². The van der Waals surface area contributed by atoms with Crippen molar-refractivity contribution in [1.29, 1.82) is 0 Å². The van der Waals surface area contributed by atoms with Crippen LogP contribution in [0.3, 0.4) is 0 Å². The molecule has 1 aromatic rings. The van der Waals surface area contributed by atoms with Crippen LogP contribution in [0.15, 0.2) is 6.20 Å². The van der Waals surface area contributed by atoms with Crippen molar-refractivity contribution in [3.8, 4) is 0 Å². The number of hydrogen-bond donors (Lipinski definition) is 2. The first-order chi connectivity index (χ1) is 7.52. The summed E-state index contributed by atoms with van der Waals surface area (Å²) in [7, 11) is 1.80. The molecule has 1 amide bonds. The van der Waals surface area contributed by atoms with E-state index in [-0.39, 0.29) is 5.91 Å². The Hall–Kier alpha value is -1.43. The summed E-state index contributed by atoms with van der Waals surface area (Å²) in [6, 6.07) is 0. The number of nitrogens with zero attached hydrogens (tertiary/aromatic N) is 2. The molecule has 0 spiro atoms. The standard InChI is InChI=1S/C10H16N4OS/c1-7-8(6-13-14(7)2)10(15)12-5-3-4-9(11)16/h6H,3-5H2,1-2H3,(H2,11,16)(H,12,15). The lowest BCUT2D eigenvalue weighted by Crippen LogP contribution is -2.25. The summed E-state index contributed by atoms with van der Waals surface area (Å²) >= 11 is 4.74. The van der Waals surface area contributed by atoms with E-state index in [9.17, 15) is 4.79 Å². The average molecular weight is 240 g/mol. The summed E-state index contributed by atoms with van der Waals surface area (Å²) in [6.45, 7) is 2.43. The molecule has 0 aliphatic heterocycles. The van der Waals surface area contributed by atoms with Crippen LogP contribution in [0.4, 0.5) is 0 Å². The minimum Gasteiger partial charge on any atom is -0.393 e. The maximum absolute atomic E-state index is 11.7. The molecule has 1 aromatic heterocycles. The topological polar surface area (TPSA) is 72.9 Å². The number of rotatable bonds is 5. The van der Waals surface area contributed by atoms with Crippen molar-refractivity contribution in [3.05, 3.63) is 17.5 Å². The number of nitrogens with one attached hydrogen (secondary N) is 1. The van der Waals surface area contributed by atoms with E-state index in [0.717, 1.165) is 12.1 Å². The van der Waals surface area contributed by atoms with Gasteiger partial charge in [0.25, 0.3) is 5.91 Å². The highest BCUT2D eigenvalue weighted by molar-refractivity contribution is 7.80. The molecule has 0 aliphatic rings. The fourth-order valence-corrected chi connectivity index (χ4v) is 1.43. The van der Waals surface area contributed by atoms with Crippen molar-refractivity contribution in [2.75, 3.05) is 6.54 Å². The van der Waals surface area contributed by atoms with Crippen molar-refractivity contribution >= 4 is 23.1 Å². The number of aromatic nitrogens is 2. The van der Waals surface area contributed by atoms with Crippen LogP contribution in [0.5, 0.6) is 0 Å². The van der Waals surface area contributed by atoms with Gasteiger partial charge in [-0.15, -0.1) is 0 Å². The zero-order valence-corrected chi connectivity index (χ0v) is 10.3. The molecule has 0 aliphatic carbocycles. The number of nitrogens with two attached hydrogens (primary N) is 1. The van der Waals surface area contributed by atoms with Crippen LogP contribution in [0, 0.1) is 6.92 Å². The third-order valence-electron chi connectivity index (χ3n) is 2.37. The predicted molar refractivity (Wildman–Crippen MR) is 66.3 cm³/mol. The first-order valence-electron chi connectivity index (χ1n) is 5.07. The van der Waals surface area contributed by atoms with E-state index in [1.54, 1.807) is 17.9 Å². The molecule has 0 aromatic carbocycles. The van der Waals surface area contributed by atoms with Gasteiger partial charge in [0.2, 0.25) is 0 Å². The Morgan fingerprint density at radius 1 is 1.69 bits per heavy atom. The summed E-state index contributed by atoms with van der Waals surface area (Å²) in [6.07, 6.45) is 2.99. The quantitative estimate of drug-likeness (QED) is 0.581. The molecule has 5 nitrogen and oxygen atoms in total. The van der Waals surface area contributed by atoms with Gasteiger partial charge in [0.05, 0.1) is 16.7 Å². The van der Waals surface area contributed by atoms with Crippen molar-refractivity contribution in [1.82, 2.24) is 15.1 Å². The van der Waals surface area contributed by atoms with Gasteiger partial charge in [-0.25, -0.2) is 0 Å². The van der Waals surface area contributed by atoms with Crippen LogP contribution in [0.1, 0.15) is 28.9 Å². The molecule has 3 N–H and O–H groups in total. The molecule has 1 heterocycles. The molecule has 0 bridgehead atoms. The van der Waals surface area contributed by atoms with Gasteiger partial charge in [0, 0.05) is 19.3 Å². The van der Waals surface area contributed by atoms with Crippen LogP contribution in [0.2, 0.25) is 0 Å². The number of carbonyl (C=O) groups is 1. The maximum atomic E-state index is 11.7. The van der Waals surface area contributed by atoms with E-state index in [2.05, 4.69) is 10.4 Å². The Bertz CT molecular complexity index is 400. The third kappa shape index (κ3) is 3.30. The molecule has 88 valence electrons. The zero-order valence-electron chi connectivity index (χ0n) is 9.49. The fourth-order valence-electron chi connectivity index (χ4n) is 1.28. The number of amides is 1. The van der Waals surface area contributed by atoms with Crippen LogP contribution in [-0.4, -0.2) is 27.2 Å². The van der Waals surface area contributed by atoms with Crippen molar-refractivity contribution in [2.24, 2.45) is 12.8 Å². The van der Waals surface area contributed by atoms with Gasteiger partial charge in [-0.2, -0.15) is 5.10 Å². The summed E-state index contributed by atoms with van der Waals surface area (Å²) in [4.78, 5) is 12.2. The van der Waals surface area contributed by atoms with Gasteiger partial charge in [0.15, 0.2) is 0 Å². The molecule has 0 saturated heterocycles. The van der Waals surface area contributed by atoms with E-state index >= 15 is 0 Å². The maximum Gasteiger partial charge on any atom is 0.254 e. The monoisotopic (exact) mass is 240 g/mol. The Balaban J connectivity index is 2.41. The Morgan fingerprint density at radius 2 is 2.38 bits per heavy atom. The van der Waals surface area contributed by atoms with Gasteiger partial charge in [-0.05, 0) is 19.8 Å². The summed E-state index contributed by atoms with van der Waals surface area (Å²) in [5.41, 5.74) is 6.82. The lowest BCUT2D eigenvalue weighted by molar-refractivity contribution is 0.0952. The van der Waals surface area contributed by atoms with E-state index in [1.807, 2.05) is 6.92 Å². The third-order valence-corrected chi connectivity index (χ3v) is 2.57. The Labute approximate surface area is 100 Å². The number of hydrogen-bond acceptors (Lipinski definition) is 3. The largest absolute Gasteiger partial charge is 0.393 e. The van der Waals surface area contributed by atoms with Crippen molar-refractivity contribution in [2.45, 2.75) is 19.8 Å². The second-order valence-electron chi connectivity index (χ2n) is 3.59. The number of carbonyl (C=O) groups excluding carboxylic acids is 1. The summed E-state index contributed by atoms with van der Waals surface area (Å²) in [5, 5.41) is 6.81. The molecule has 16 heavy (non-hydrogen) atoms. The predicted octanol–water partition coefficient (Wildman–Crippen LogP) is 0.525. The molecular formula is C10H16N4OS. The minimum atomic E-state index is -0.103. The van der Waals surface area contributed by atoms with E-state index in [0.29, 0.717) is 23.5 Å². The van der Waals surface area contributed by atoms with Crippen LogP contribution >= 0.6 is 12.2 Å². The summed E-state index contributed by atoms with van der Waals surface area (Å²) in [5.74, 6) is -0.103. The van der Waals surface area contributed by atoms with E-state index in [1.165, 1.54) is 0 Å². The highest BCUT2D eigenvalue weighted by Gasteiger charge is 2.11. The van der Waals surface area contributed by atoms with Gasteiger partial charge in [-0.3, -0.25) is 9.48 Å². The fraction of sp³-hybridized carbons (Fsp3) is 0.500. The van der Waals surface area contributed by atoms with E-state index in [4.69, 9.17) is 18.0 Å². The highest BCUT2D eigenvalue weighted by atomic mass is 32.1. The SMILES string of the molecule is Cc1c(C(=O)NCCCC(N)=S)cnn1C. The second-order valence-corrected chi connectivity index (χ2v) is 4.12. The summed E-state index contributed by atoms with van der Waals surface area (Å²) < 4.78 is 1.67. The molecule has 0 atom stereocenters. The smallest absolute Gasteiger partial charge is 0.254 e. The van der Waals surface area contributed by atoms with Crippen LogP contribution < -0.4 is 11.1 Å². The Morgan fingerprint density at radius 3 is 2.88 bits per heavy atom. The van der Waals surface area contributed by atoms with Crippen LogP contribution in [-0.2, 0) is 7.05 Å². The van der Waals surface area contributed by atoms with Gasteiger partial charge < -0.3 is 11.1 Å². The highest BCUT2D eigenvalue weighted by Crippen LogP contribution is 2.04. The number of aryl methyl sites for hydroxylation is 1. The molecular weight excluding hydrogens is 224 g/mol. The lowest BCUT2D eigenvalue weighted by Gasteiger charge is -2.04. The van der Waals surface area contributed by atoms with Gasteiger partial charge in [0.1, 0.15) is 0 Å². The average Bonchev–Trinajstić information content (AvgIpc) is 2.54. The van der Waals surface area contributed by atoms with Gasteiger partial charge in [-0.1, -0.05) is 12.2 Å². The Kier molecular flexibility index (Phi) is 4.42. The zero-order chi connectivity index (χ0) is 12.1. The van der Waals surface area contributed by atoms with Crippen molar-refractivity contribution < 1.29 is 4.79 Å². The molecule has 6 heteroatoms. The molecule has 0 saturated carbocycles. The molecule has 0 fully saturated rings. The van der Waals surface area contributed by atoms with Crippen LogP contribution in [0.25, 0.3) is 0 Å². The molecule has 1 rings (SSSR count). The number of thiocarbonyl (C=S) groups is 1. The lowest BCUT2D eigenvalue weighted by atomic mass is 10.2. The minimum absolute atomic E-state index is 0.103. The van der Waals surface area contributed by atoms with Crippen molar-refractivity contribution in [3.63, 3.8) is 0 Å². The second kappa shape index (κ2) is 5.60. The van der Waals surface area contributed by atoms with Gasteiger partial charge >= 0.3 is 0 Å². The first kappa shape index (κ1) is 12.6. The molecule has 0 unspecified atom stereocenters. The molecule has 0 radical (unpaired) electrons. The normalized spacial score (nSPS) is 10.1.